The monoisotopic (exact) mass is 288 g/mol. The summed E-state index contributed by atoms with van der Waals surface area (Å²) in [7, 11) is 1.53. The van der Waals surface area contributed by atoms with Crippen molar-refractivity contribution >= 4 is 23.7 Å². The molecular formula is C11H16N2O5S. The maximum absolute atomic E-state index is 11.4. The number of methoxy groups -OCH3 is 1. The highest BCUT2D eigenvalue weighted by Crippen LogP contribution is 2.14. The van der Waals surface area contributed by atoms with Crippen molar-refractivity contribution in [2.45, 2.75) is 12.1 Å². The van der Waals surface area contributed by atoms with Gasteiger partial charge in [0.15, 0.2) is 5.16 Å². The fourth-order valence-corrected chi connectivity index (χ4v) is 1.74. The number of ether oxygens (including phenoxy) is 3. The van der Waals surface area contributed by atoms with E-state index in [2.05, 4.69) is 9.97 Å². The van der Waals surface area contributed by atoms with Crippen LogP contribution in [0.2, 0.25) is 0 Å². The number of aromatic amines is 1. The van der Waals surface area contributed by atoms with Crippen molar-refractivity contribution in [1.29, 1.82) is 0 Å². The third kappa shape index (κ3) is 5.75. The Morgan fingerprint density at radius 3 is 2.84 bits per heavy atom. The molecule has 19 heavy (non-hydrogen) atoms. The number of carbonyl (C=O) groups is 2. The van der Waals surface area contributed by atoms with E-state index in [0.29, 0.717) is 18.4 Å². The van der Waals surface area contributed by atoms with Crippen LogP contribution in [0.1, 0.15) is 17.4 Å². The smallest absolute Gasteiger partial charge is 0.356 e. The number of nitrogens with one attached hydrogen (secondary N) is 1. The molecule has 0 spiro atoms. The highest BCUT2D eigenvalue weighted by atomic mass is 32.2. The van der Waals surface area contributed by atoms with E-state index >= 15 is 0 Å². The molecule has 0 atom stereocenters. The molecule has 1 aromatic rings. The van der Waals surface area contributed by atoms with Gasteiger partial charge in [-0.25, -0.2) is 9.78 Å². The first-order valence-corrected chi connectivity index (χ1v) is 6.65. The fourth-order valence-electron chi connectivity index (χ4n) is 1.10. The average molecular weight is 288 g/mol. The topological polar surface area (TPSA) is 90.5 Å². The first-order chi connectivity index (χ1) is 9.17. The van der Waals surface area contributed by atoms with Crippen molar-refractivity contribution in [3.8, 4) is 0 Å². The lowest BCUT2D eigenvalue weighted by atomic mass is 10.5. The molecule has 0 aromatic carbocycles. The zero-order valence-corrected chi connectivity index (χ0v) is 11.6. The number of imidazole rings is 1. The number of carbonyl (C=O) groups excluding carboxylic acids is 2. The summed E-state index contributed by atoms with van der Waals surface area (Å²) in [4.78, 5) is 29.4. The van der Waals surface area contributed by atoms with Gasteiger partial charge in [0.25, 0.3) is 0 Å². The van der Waals surface area contributed by atoms with Gasteiger partial charge in [0.05, 0.1) is 25.2 Å². The maximum atomic E-state index is 11.4. The third-order valence-corrected chi connectivity index (χ3v) is 2.79. The molecule has 0 saturated heterocycles. The van der Waals surface area contributed by atoms with Gasteiger partial charge in [0, 0.05) is 7.11 Å². The van der Waals surface area contributed by atoms with Gasteiger partial charge >= 0.3 is 11.9 Å². The molecule has 0 aliphatic carbocycles. The number of rotatable bonds is 8. The number of aromatic nitrogens is 2. The van der Waals surface area contributed by atoms with Crippen LogP contribution in [-0.4, -0.2) is 54.6 Å². The van der Waals surface area contributed by atoms with Gasteiger partial charge in [-0.1, -0.05) is 11.8 Å². The molecule has 8 heteroatoms. The zero-order valence-electron chi connectivity index (χ0n) is 10.8. The number of hydrogen-bond donors (Lipinski definition) is 1. The summed E-state index contributed by atoms with van der Waals surface area (Å²) in [6.45, 7) is 2.61. The van der Waals surface area contributed by atoms with Crippen LogP contribution in [-0.2, 0) is 19.0 Å². The predicted molar refractivity (Wildman–Crippen MR) is 68.1 cm³/mol. The van der Waals surface area contributed by atoms with Crippen molar-refractivity contribution in [3.05, 3.63) is 11.9 Å². The van der Waals surface area contributed by atoms with Gasteiger partial charge in [-0.3, -0.25) is 4.79 Å². The van der Waals surface area contributed by atoms with Crippen LogP contribution in [0, 0.1) is 0 Å². The minimum absolute atomic E-state index is 0.111. The van der Waals surface area contributed by atoms with Crippen molar-refractivity contribution in [3.63, 3.8) is 0 Å². The quantitative estimate of drug-likeness (QED) is 0.431. The Balaban J connectivity index is 2.33. The number of esters is 2. The number of thioether (sulfide) groups is 1. The second-order valence-electron chi connectivity index (χ2n) is 3.32. The lowest BCUT2D eigenvalue weighted by Gasteiger charge is -2.02. The van der Waals surface area contributed by atoms with Crippen molar-refractivity contribution in [1.82, 2.24) is 9.97 Å². The minimum atomic E-state index is -0.468. The number of H-pyrrole nitrogens is 1. The Morgan fingerprint density at radius 2 is 2.16 bits per heavy atom. The minimum Gasteiger partial charge on any atom is -0.463 e. The van der Waals surface area contributed by atoms with Crippen LogP contribution in [0.5, 0.6) is 0 Å². The van der Waals surface area contributed by atoms with E-state index in [-0.39, 0.29) is 24.0 Å². The Morgan fingerprint density at radius 1 is 1.37 bits per heavy atom. The maximum Gasteiger partial charge on any atom is 0.356 e. The van der Waals surface area contributed by atoms with Crippen LogP contribution in [0.3, 0.4) is 0 Å². The van der Waals surface area contributed by atoms with E-state index in [1.54, 1.807) is 6.92 Å². The van der Waals surface area contributed by atoms with Gasteiger partial charge in [-0.05, 0) is 6.92 Å². The second-order valence-corrected chi connectivity index (χ2v) is 4.29. The average Bonchev–Trinajstić information content (AvgIpc) is 2.86. The molecule has 1 N–H and O–H groups in total. The first kappa shape index (κ1) is 15.5. The van der Waals surface area contributed by atoms with E-state index in [4.69, 9.17) is 14.2 Å². The van der Waals surface area contributed by atoms with E-state index in [0.717, 1.165) is 11.8 Å². The lowest BCUT2D eigenvalue weighted by molar-refractivity contribution is -0.141. The summed E-state index contributed by atoms with van der Waals surface area (Å²) in [6, 6.07) is 0. The summed E-state index contributed by atoms with van der Waals surface area (Å²) in [5.41, 5.74) is 0.261. The zero-order chi connectivity index (χ0) is 14.1. The van der Waals surface area contributed by atoms with Gasteiger partial charge in [0.2, 0.25) is 0 Å². The van der Waals surface area contributed by atoms with Gasteiger partial charge in [-0.2, -0.15) is 0 Å². The third-order valence-electron chi connectivity index (χ3n) is 1.93. The summed E-state index contributed by atoms with van der Waals surface area (Å²) in [6.07, 6.45) is 1.37. The van der Waals surface area contributed by atoms with Crippen molar-refractivity contribution < 1.29 is 23.8 Å². The van der Waals surface area contributed by atoms with E-state index in [1.165, 1.54) is 13.3 Å². The summed E-state index contributed by atoms with van der Waals surface area (Å²) >= 11 is 1.15. The summed E-state index contributed by atoms with van der Waals surface area (Å²) in [5, 5.41) is 0.465. The van der Waals surface area contributed by atoms with Crippen molar-refractivity contribution in [2.75, 3.05) is 32.7 Å². The molecule has 0 amide bonds. The first-order valence-electron chi connectivity index (χ1n) is 5.66. The molecule has 1 heterocycles. The molecule has 0 saturated carbocycles. The molecule has 0 unspecified atom stereocenters. The lowest BCUT2D eigenvalue weighted by Crippen LogP contribution is -2.11. The van der Waals surface area contributed by atoms with E-state index in [9.17, 15) is 9.59 Å². The van der Waals surface area contributed by atoms with Crippen molar-refractivity contribution in [2.24, 2.45) is 0 Å². The largest absolute Gasteiger partial charge is 0.463 e. The summed E-state index contributed by atoms with van der Waals surface area (Å²) < 4.78 is 14.4. The molecule has 7 nitrogen and oxygen atoms in total. The highest BCUT2D eigenvalue weighted by Gasteiger charge is 2.12. The predicted octanol–water partition coefficient (Wildman–Crippen LogP) is 0.868. The molecule has 1 rings (SSSR count). The van der Waals surface area contributed by atoms with E-state index in [1.807, 2.05) is 0 Å². The molecule has 106 valence electrons. The molecule has 0 radical (unpaired) electrons. The van der Waals surface area contributed by atoms with E-state index < -0.39 is 5.97 Å². The van der Waals surface area contributed by atoms with Gasteiger partial charge in [0.1, 0.15) is 12.3 Å². The van der Waals surface area contributed by atoms with Crippen LogP contribution in [0.4, 0.5) is 0 Å². The van der Waals surface area contributed by atoms with Crippen LogP contribution in [0.15, 0.2) is 11.4 Å². The molecule has 0 fully saturated rings. The number of nitrogens with zero attached hydrogens (tertiary/aromatic N) is 1. The van der Waals surface area contributed by atoms with Crippen LogP contribution in [0.25, 0.3) is 0 Å². The Hall–Kier alpha value is -1.54. The SMILES string of the molecule is CCOC(=O)c1cnc(SCC(=O)OCCOC)[nH]1. The molecular weight excluding hydrogens is 272 g/mol. The standard InChI is InChI=1S/C11H16N2O5S/c1-3-17-10(15)8-6-12-11(13-8)19-7-9(14)18-5-4-16-2/h6H,3-5,7H2,1-2H3,(H,12,13). The van der Waals surface area contributed by atoms with Crippen LogP contribution < -0.4 is 0 Å². The molecule has 0 bridgehead atoms. The Labute approximate surface area is 115 Å². The molecule has 0 aliphatic heterocycles. The second kappa shape index (κ2) is 8.54. The Kier molecular flexibility index (Phi) is 6.98. The van der Waals surface area contributed by atoms with Gasteiger partial charge < -0.3 is 19.2 Å². The van der Waals surface area contributed by atoms with Crippen LogP contribution >= 0.6 is 11.8 Å². The van der Waals surface area contributed by atoms with Gasteiger partial charge in [-0.15, -0.1) is 0 Å². The summed E-state index contributed by atoms with van der Waals surface area (Å²) in [5.74, 6) is -0.722. The highest BCUT2D eigenvalue weighted by molar-refractivity contribution is 7.99. The molecule has 1 aromatic heterocycles. The normalized spacial score (nSPS) is 10.2. The Bertz CT molecular complexity index is 421. The molecule has 0 aliphatic rings. The number of hydrogen-bond acceptors (Lipinski definition) is 7. The fraction of sp³-hybridized carbons (Fsp3) is 0.545.